The van der Waals surface area contributed by atoms with Crippen molar-refractivity contribution >= 4 is 11.8 Å². The van der Waals surface area contributed by atoms with Gasteiger partial charge in [0.15, 0.2) is 30.0 Å². The van der Waals surface area contributed by atoms with E-state index < -0.39 is 24.5 Å². The van der Waals surface area contributed by atoms with Gasteiger partial charge in [-0.05, 0) is 17.7 Å². The number of aliphatic hydroxyl groups is 1. The molecular formula is C20H18O6. The van der Waals surface area contributed by atoms with Crippen LogP contribution in [0.4, 0.5) is 0 Å². The predicted molar refractivity (Wildman–Crippen MR) is 93.2 cm³/mol. The first-order valence-corrected chi connectivity index (χ1v) is 8.07. The molecule has 0 radical (unpaired) electrons. The van der Waals surface area contributed by atoms with Crippen molar-refractivity contribution in [3.05, 3.63) is 71.5 Å². The van der Waals surface area contributed by atoms with Crippen LogP contribution < -0.4 is 9.47 Å². The number of hydrogen-bond donors (Lipinski definition) is 1. The molecule has 6 nitrogen and oxygen atoms in total. The smallest absolute Gasteiger partial charge is 0.346 e. The van der Waals surface area contributed by atoms with Crippen LogP contribution in [0, 0.1) is 0 Å². The van der Waals surface area contributed by atoms with Gasteiger partial charge in [-0.1, -0.05) is 42.5 Å². The van der Waals surface area contributed by atoms with Gasteiger partial charge in [0.1, 0.15) is 5.57 Å². The lowest BCUT2D eigenvalue weighted by molar-refractivity contribution is -0.141. The molecule has 134 valence electrons. The molecule has 0 amide bonds. The zero-order chi connectivity index (χ0) is 18.5. The van der Waals surface area contributed by atoms with Gasteiger partial charge in [-0.15, -0.1) is 0 Å². The number of ether oxygens (including phenoxy) is 3. The SMILES string of the molecule is COc1ccccc1OCC(=O)C1=C(O)C(Cc2ccccc2)OC1=O. The van der Waals surface area contributed by atoms with E-state index in [1.807, 2.05) is 30.3 Å². The molecule has 1 aliphatic rings. The predicted octanol–water partition coefficient (Wildman–Crippen LogP) is 2.62. The number of methoxy groups -OCH3 is 1. The molecular weight excluding hydrogens is 336 g/mol. The summed E-state index contributed by atoms with van der Waals surface area (Å²) in [5.41, 5.74) is 0.525. The molecule has 6 heteroatoms. The minimum atomic E-state index is -0.866. The van der Waals surface area contributed by atoms with Crippen molar-refractivity contribution < 1.29 is 28.9 Å². The average Bonchev–Trinajstić information content (AvgIpc) is 2.94. The first kappa shape index (κ1) is 17.5. The number of benzene rings is 2. The molecule has 26 heavy (non-hydrogen) atoms. The highest BCUT2D eigenvalue weighted by molar-refractivity contribution is 6.19. The van der Waals surface area contributed by atoms with Crippen molar-refractivity contribution in [3.8, 4) is 11.5 Å². The number of rotatable bonds is 7. The molecule has 0 fully saturated rings. The van der Waals surface area contributed by atoms with Crippen molar-refractivity contribution in [1.82, 2.24) is 0 Å². The Morgan fingerprint density at radius 3 is 2.42 bits per heavy atom. The average molecular weight is 354 g/mol. The first-order valence-electron chi connectivity index (χ1n) is 8.07. The molecule has 1 aliphatic heterocycles. The summed E-state index contributed by atoms with van der Waals surface area (Å²) in [5, 5.41) is 10.3. The zero-order valence-corrected chi connectivity index (χ0v) is 14.2. The zero-order valence-electron chi connectivity index (χ0n) is 14.2. The van der Waals surface area contributed by atoms with Gasteiger partial charge in [-0.25, -0.2) is 4.79 Å². The number of Topliss-reactive ketones (excluding diaryl/α,β-unsaturated/α-hetero) is 1. The highest BCUT2D eigenvalue weighted by Crippen LogP contribution is 2.27. The Morgan fingerprint density at radius 1 is 1.08 bits per heavy atom. The van der Waals surface area contributed by atoms with E-state index in [-0.39, 0.29) is 11.3 Å². The molecule has 0 saturated carbocycles. The Balaban J connectivity index is 1.70. The van der Waals surface area contributed by atoms with Crippen LogP contribution in [0.3, 0.4) is 0 Å². The molecule has 1 heterocycles. The Bertz CT molecular complexity index is 840. The third kappa shape index (κ3) is 3.69. The van der Waals surface area contributed by atoms with Crippen LogP contribution in [0.5, 0.6) is 11.5 Å². The van der Waals surface area contributed by atoms with E-state index in [2.05, 4.69) is 0 Å². The molecule has 0 aromatic heterocycles. The summed E-state index contributed by atoms with van der Waals surface area (Å²) < 4.78 is 15.7. The fraction of sp³-hybridized carbons (Fsp3) is 0.200. The summed E-state index contributed by atoms with van der Waals surface area (Å²) in [6.45, 7) is -0.410. The van der Waals surface area contributed by atoms with Crippen LogP contribution in [0.25, 0.3) is 0 Å². The molecule has 1 N–H and O–H groups in total. The van der Waals surface area contributed by atoms with E-state index in [1.54, 1.807) is 24.3 Å². The van der Waals surface area contributed by atoms with E-state index in [0.717, 1.165) is 5.56 Å². The van der Waals surface area contributed by atoms with Crippen molar-refractivity contribution in [1.29, 1.82) is 0 Å². The second kappa shape index (κ2) is 7.74. The Labute approximate surface area is 150 Å². The normalized spacial score (nSPS) is 16.3. The molecule has 2 aromatic rings. The summed E-state index contributed by atoms with van der Waals surface area (Å²) >= 11 is 0. The monoisotopic (exact) mass is 354 g/mol. The van der Waals surface area contributed by atoms with Gasteiger partial charge in [0.2, 0.25) is 5.78 Å². The maximum Gasteiger partial charge on any atom is 0.346 e. The van der Waals surface area contributed by atoms with Gasteiger partial charge in [-0.2, -0.15) is 0 Å². The number of aliphatic hydroxyl groups excluding tert-OH is 1. The van der Waals surface area contributed by atoms with Crippen LogP contribution in [0.1, 0.15) is 5.56 Å². The topological polar surface area (TPSA) is 82.1 Å². The first-order chi connectivity index (χ1) is 12.6. The van der Waals surface area contributed by atoms with Crippen LogP contribution in [0.2, 0.25) is 0 Å². The fourth-order valence-corrected chi connectivity index (χ4v) is 2.69. The van der Waals surface area contributed by atoms with E-state index in [0.29, 0.717) is 17.9 Å². The molecule has 0 aliphatic carbocycles. The summed E-state index contributed by atoms with van der Waals surface area (Å²) in [6, 6.07) is 16.1. The minimum Gasteiger partial charge on any atom is -0.507 e. The van der Waals surface area contributed by atoms with Crippen LogP contribution in [-0.2, 0) is 20.7 Å². The van der Waals surface area contributed by atoms with E-state index in [9.17, 15) is 14.7 Å². The van der Waals surface area contributed by atoms with Gasteiger partial charge >= 0.3 is 5.97 Å². The standard InChI is InChI=1S/C20H18O6/c1-24-15-9-5-6-10-16(15)25-12-14(21)18-19(22)17(26-20(18)23)11-13-7-3-2-4-8-13/h2-10,17,22H,11-12H2,1H3. The van der Waals surface area contributed by atoms with Crippen LogP contribution >= 0.6 is 0 Å². The van der Waals surface area contributed by atoms with Crippen molar-refractivity contribution in [2.75, 3.05) is 13.7 Å². The van der Waals surface area contributed by atoms with Gasteiger partial charge in [0.05, 0.1) is 7.11 Å². The summed E-state index contributed by atoms with van der Waals surface area (Å²) in [4.78, 5) is 24.4. The Hall–Kier alpha value is -3.28. The molecule has 0 spiro atoms. The molecule has 1 unspecified atom stereocenters. The molecule has 0 bridgehead atoms. The molecule has 1 atom stereocenters. The maximum absolute atomic E-state index is 12.4. The largest absolute Gasteiger partial charge is 0.507 e. The lowest BCUT2D eigenvalue weighted by atomic mass is 10.0. The Morgan fingerprint density at radius 2 is 1.73 bits per heavy atom. The third-order valence-corrected chi connectivity index (χ3v) is 3.99. The van der Waals surface area contributed by atoms with Crippen LogP contribution in [0.15, 0.2) is 65.9 Å². The molecule has 2 aromatic carbocycles. The van der Waals surface area contributed by atoms with E-state index in [4.69, 9.17) is 14.2 Å². The van der Waals surface area contributed by atoms with Gasteiger partial charge in [-0.3, -0.25) is 4.79 Å². The van der Waals surface area contributed by atoms with Crippen molar-refractivity contribution in [2.24, 2.45) is 0 Å². The van der Waals surface area contributed by atoms with Crippen molar-refractivity contribution in [3.63, 3.8) is 0 Å². The van der Waals surface area contributed by atoms with E-state index in [1.165, 1.54) is 7.11 Å². The minimum absolute atomic E-state index is 0.294. The lowest BCUT2D eigenvalue weighted by Gasteiger charge is -2.10. The number of ketones is 1. The molecule has 0 saturated heterocycles. The fourth-order valence-electron chi connectivity index (χ4n) is 2.69. The van der Waals surface area contributed by atoms with Gasteiger partial charge in [0, 0.05) is 6.42 Å². The number of carbonyl (C=O) groups is 2. The second-order valence-corrected chi connectivity index (χ2v) is 5.71. The summed E-state index contributed by atoms with van der Waals surface area (Å²) in [7, 11) is 1.49. The number of cyclic esters (lactones) is 1. The summed E-state index contributed by atoms with van der Waals surface area (Å²) in [6.07, 6.45) is -0.571. The van der Waals surface area contributed by atoms with E-state index >= 15 is 0 Å². The summed E-state index contributed by atoms with van der Waals surface area (Å²) in [5.74, 6) is -0.997. The van der Waals surface area contributed by atoms with Crippen molar-refractivity contribution in [2.45, 2.75) is 12.5 Å². The maximum atomic E-state index is 12.4. The molecule has 3 rings (SSSR count). The second-order valence-electron chi connectivity index (χ2n) is 5.71. The number of hydrogen-bond acceptors (Lipinski definition) is 6. The van der Waals surface area contributed by atoms with Gasteiger partial charge in [0.25, 0.3) is 0 Å². The number of carbonyl (C=O) groups excluding carboxylic acids is 2. The quantitative estimate of drug-likeness (QED) is 0.608. The lowest BCUT2D eigenvalue weighted by Crippen LogP contribution is -2.18. The Kier molecular flexibility index (Phi) is 5.22. The highest BCUT2D eigenvalue weighted by atomic mass is 16.6. The van der Waals surface area contributed by atoms with Gasteiger partial charge < -0.3 is 19.3 Å². The number of esters is 1. The van der Waals surface area contributed by atoms with Crippen LogP contribution in [-0.4, -0.2) is 36.7 Å². The number of para-hydroxylation sites is 2. The third-order valence-electron chi connectivity index (χ3n) is 3.99. The highest BCUT2D eigenvalue weighted by Gasteiger charge is 2.38.